The van der Waals surface area contributed by atoms with Gasteiger partial charge >= 0.3 is 0 Å². The van der Waals surface area contributed by atoms with Gasteiger partial charge in [-0.15, -0.1) is 0 Å². The first-order valence-electron chi connectivity index (χ1n) is 7.55. The molecule has 3 nitrogen and oxygen atoms in total. The Morgan fingerprint density at radius 2 is 1.89 bits per heavy atom. The van der Waals surface area contributed by atoms with Crippen molar-refractivity contribution in [1.29, 1.82) is 0 Å². The minimum Gasteiger partial charge on any atom is -0.351 e. The van der Waals surface area contributed by atoms with E-state index in [1.54, 1.807) is 0 Å². The molecule has 104 valence electrons. The van der Waals surface area contributed by atoms with Gasteiger partial charge in [-0.3, -0.25) is 4.79 Å². The molecule has 1 amide bonds. The fourth-order valence-electron chi connectivity index (χ4n) is 3.72. The van der Waals surface area contributed by atoms with E-state index in [4.69, 9.17) is 0 Å². The van der Waals surface area contributed by atoms with Gasteiger partial charge < -0.3 is 10.6 Å². The molecular formula is C15H28N2O. The molecule has 2 rings (SSSR count). The average molecular weight is 252 g/mol. The van der Waals surface area contributed by atoms with Gasteiger partial charge in [0.25, 0.3) is 0 Å². The van der Waals surface area contributed by atoms with Crippen molar-refractivity contribution in [3.8, 4) is 0 Å². The lowest BCUT2D eigenvalue weighted by Gasteiger charge is -2.31. The largest absolute Gasteiger partial charge is 0.351 e. The van der Waals surface area contributed by atoms with E-state index in [9.17, 15) is 4.79 Å². The second kappa shape index (κ2) is 5.60. The molecule has 0 aliphatic carbocycles. The summed E-state index contributed by atoms with van der Waals surface area (Å²) < 4.78 is 0. The van der Waals surface area contributed by atoms with Crippen LogP contribution in [0, 0.1) is 5.92 Å². The lowest BCUT2D eigenvalue weighted by atomic mass is 9.89. The predicted molar refractivity (Wildman–Crippen MR) is 74.4 cm³/mol. The van der Waals surface area contributed by atoms with Crippen LogP contribution in [0.5, 0.6) is 0 Å². The van der Waals surface area contributed by atoms with E-state index in [1.807, 2.05) is 0 Å². The summed E-state index contributed by atoms with van der Waals surface area (Å²) in [6.07, 6.45) is 7.90. The molecule has 2 unspecified atom stereocenters. The number of amides is 1. The Bertz CT molecular complexity index is 289. The zero-order valence-corrected chi connectivity index (χ0v) is 12.1. The summed E-state index contributed by atoms with van der Waals surface area (Å²) >= 11 is 0. The van der Waals surface area contributed by atoms with Gasteiger partial charge in [0, 0.05) is 24.0 Å². The van der Waals surface area contributed by atoms with Crippen molar-refractivity contribution in [2.24, 2.45) is 5.92 Å². The zero-order chi connectivity index (χ0) is 13.2. The van der Waals surface area contributed by atoms with E-state index in [-0.39, 0.29) is 11.4 Å². The highest BCUT2D eigenvalue weighted by Gasteiger charge is 2.34. The highest BCUT2D eigenvalue weighted by atomic mass is 16.1. The van der Waals surface area contributed by atoms with Crippen LogP contribution in [0.15, 0.2) is 0 Å². The van der Waals surface area contributed by atoms with Gasteiger partial charge in [-0.2, -0.15) is 0 Å². The summed E-state index contributed by atoms with van der Waals surface area (Å²) in [7, 11) is 0. The lowest BCUT2D eigenvalue weighted by Crippen LogP contribution is -2.45. The number of carbonyl (C=O) groups is 1. The predicted octanol–water partition coefficient (Wildman–Crippen LogP) is 2.60. The zero-order valence-electron chi connectivity index (χ0n) is 12.1. The minimum absolute atomic E-state index is 0.0439. The first-order chi connectivity index (χ1) is 8.48. The van der Waals surface area contributed by atoms with Crippen molar-refractivity contribution in [3.63, 3.8) is 0 Å². The van der Waals surface area contributed by atoms with Crippen LogP contribution in [-0.4, -0.2) is 23.5 Å². The van der Waals surface area contributed by atoms with Crippen molar-refractivity contribution in [2.45, 2.75) is 83.3 Å². The molecule has 2 bridgehead atoms. The number of nitrogens with one attached hydrogen (secondary N) is 2. The summed E-state index contributed by atoms with van der Waals surface area (Å²) in [5.74, 6) is 0.848. The number of fused-ring (bicyclic) bond motifs is 2. The molecule has 0 spiro atoms. The Kier molecular flexibility index (Phi) is 4.31. The van der Waals surface area contributed by atoms with Crippen molar-refractivity contribution < 1.29 is 4.79 Å². The van der Waals surface area contributed by atoms with Crippen LogP contribution < -0.4 is 10.6 Å². The van der Waals surface area contributed by atoms with Crippen LogP contribution in [0.4, 0.5) is 0 Å². The molecule has 2 heterocycles. The van der Waals surface area contributed by atoms with Crippen LogP contribution in [0.25, 0.3) is 0 Å². The van der Waals surface area contributed by atoms with Crippen LogP contribution in [0.1, 0.15) is 65.7 Å². The maximum Gasteiger partial charge on any atom is 0.220 e. The number of piperidine rings is 1. The molecule has 0 aromatic heterocycles. The second-order valence-corrected chi connectivity index (χ2v) is 6.86. The molecule has 0 aromatic rings. The number of carbonyl (C=O) groups excluding carboxylic acids is 1. The molecule has 18 heavy (non-hydrogen) atoms. The SMILES string of the molecule is CCCC(C)(C)NC(=O)CC1CC2CCC(C1)N2. The van der Waals surface area contributed by atoms with E-state index < -0.39 is 0 Å². The fraction of sp³-hybridized carbons (Fsp3) is 0.933. The van der Waals surface area contributed by atoms with Crippen molar-refractivity contribution >= 4 is 5.91 Å². The first-order valence-corrected chi connectivity index (χ1v) is 7.55. The summed E-state index contributed by atoms with van der Waals surface area (Å²) in [6.45, 7) is 6.42. The summed E-state index contributed by atoms with van der Waals surface area (Å²) in [4.78, 5) is 12.1. The third-order valence-electron chi connectivity index (χ3n) is 4.40. The Morgan fingerprint density at radius 3 is 2.44 bits per heavy atom. The van der Waals surface area contributed by atoms with E-state index in [1.165, 1.54) is 25.7 Å². The van der Waals surface area contributed by atoms with Gasteiger partial charge in [-0.05, 0) is 51.9 Å². The molecule has 3 heteroatoms. The molecule has 2 aliphatic rings. The molecule has 2 atom stereocenters. The third kappa shape index (κ3) is 3.71. The second-order valence-electron chi connectivity index (χ2n) is 6.86. The Balaban J connectivity index is 1.77. The molecule has 0 radical (unpaired) electrons. The molecule has 2 N–H and O–H groups in total. The van der Waals surface area contributed by atoms with Gasteiger partial charge in [0.05, 0.1) is 0 Å². The van der Waals surface area contributed by atoms with Gasteiger partial charge in [0.2, 0.25) is 5.91 Å². The normalized spacial score (nSPS) is 31.4. The molecule has 0 aromatic carbocycles. The smallest absolute Gasteiger partial charge is 0.220 e. The van der Waals surface area contributed by atoms with Gasteiger partial charge in [-0.1, -0.05) is 13.3 Å². The van der Waals surface area contributed by atoms with Gasteiger partial charge in [0.1, 0.15) is 0 Å². The van der Waals surface area contributed by atoms with E-state index in [0.717, 1.165) is 19.3 Å². The average Bonchev–Trinajstić information content (AvgIpc) is 2.56. The number of rotatable bonds is 5. The molecule has 0 saturated carbocycles. The quantitative estimate of drug-likeness (QED) is 0.789. The van der Waals surface area contributed by atoms with E-state index in [2.05, 4.69) is 31.4 Å². The van der Waals surface area contributed by atoms with Crippen molar-refractivity contribution in [1.82, 2.24) is 10.6 Å². The Morgan fingerprint density at radius 1 is 1.28 bits per heavy atom. The number of hydrogen-bond donors (Lipinski definition) is 2. The summed E-state index contributed by atoms with van der Waals surface area (Å²) in [6, 6.07) is 1.37. The van der Waals surface area contributed by atoms with Crippen molar-refractivity contribution in [3.05, 3.63) is 0 Å². The minimum atomic E-state index is -0.0439. The van der Waals surface area contributed by atoms with Crippen LogP contribution in [0.3, 0.4) is 0 Å². The van der Waals surface area contributed by atoms with E-state index >= 15 is 0 Å². The highest BCUT2D eigenvalue weighted by Crippen LogP contribution is 2.32. The Labute approximate surface area is 111 Å². The van der Waals surface area contributed by atoms with Crippen LogP contribution in [0.2, 0.25) is 0 Å². The highest BCUT2D eigenvalue weighted by molar-refractivity contribution is 5.77. The summed E-state index contributed by atoms with van der Waals surface area (Å²) in [5, 5.41) is 6.83. The molecule has 2 aliphatic heterocycles. The monoisotopic (exact) mass is 252 g/mol. The Hall–Kier alpha value is -0.570. The fourth-order valence-corrected chi connectivity index (χ4v) is 3.72. The topological polar surface area (TPSA) is 41.1 Å². The van der Waals surface area contributed by atoms with Crippen LogP contribution in [-0.2, 0) is 4.79 Å². The van der Waals surface area contributed by atoms with E-state index in [0.29, 0.717) is 18.0 Å². The summed E-state index contributed by atoms with van der Waals surface area (Å²) in [5.41, 5.74) is -0.0439. The first kappa shape index (κ1) is 13.9. The third-order valence-corrected chi connectivity index (χ3v) is 4.40. The van der Waals surface area contributed by atoms with Crippen molar-refractivity contribution in [2.75, 3.05) is 0 Å². The molecule has 2 saturated heterocycles. The standard InChI is InChI=1S/C15H28N2O/c1-4-7-15(2,3)17-14(18)10-11-8-12-5-6-13(9-11)16-12/h11-13,16H,4-10H2,1-3H3,(H,17,18). The molecular weight excluding hydrogens is 224 g/mol. The lowest BCUT2D eigenvalue weighted by molar-refractivity contribution is -0.123. The molecule has 2 fully saturated rings. The van der Waals surface area contributed by atoms with Crippen LogP contribution >= 0.6 is 0 Å². The van der Waals surface area contributed by atoms with Gasteiger partial charge in [0.15, 0.2) is 0 Å². The number of hydrogen-bond acceptors (Lipinski definition) is 2. The maximum absolute atomic E-state index is 12.1. The van der Waals surface area contributed by atoms with Gasteiger partial charge in [-0.25, -0.2) is 0 Å². The maximum atomic E-state index is 12.1.